The van der Waals surface area contributed by atoms with Crippen molar-refractivity contribution in [3.63, 3.8) is 0 Å². The lowest BCUT2D eigenvalue weighted by Crippen LogP contribution is -2.45. The third-order valence-corrected chi connectivity index (χ3v) is 4.87. The summed E-state index contributed by atoms with van der Waals surface area (Å²) in [5.74, 6) is 1.88. The number of likely N-dealkylation sites (tertiary alicyclic amines) is 1. The number of ketones is 1. The van der Waals surface area contributed by atoms with Gasteiger partial charge in [-0.05, 0) is 62.4 Å². The second-order valence-electron chi connectivity index (χ2n) is 6.02. The summed E-state index contributed by atoms with van der Waals surface area (Å²) in [6.07, 6.45) is 6.58. The third kappa shape index (κ3) is 2.73. The smallest absolute Gasteiger partial charge is 0.176 e. The maximum absolute atomic E-state index is 12.4. The Labute approximate surface area is 120 Å². The molecule has 2 fully saturated rings. The summed E-state index contributed by atoms with van der Waals surface area (Å²) in [4.78, 5) is 14.8. The molecule has 3 rings (SSSR count). The molecule has 3 heteroatoms. The van der Waals surface area contributed by atoms with Crippen LogP contribution in [-0.2, 0) is 0 Å². The van der Waals surface area contributed by atoms with Crippen molar-refractivity contribution in [2.24, 2.45) is 5.92 Å². The fraction of sp³-hybridized carbons (Fsp3) is 0.588. The van der Waals surface area contributed by atoms with E-state index in [0.29, 0.717) is 12.6 Å². The normalized spacial score (nSPS) is 26.2. The van der Waals surface area contributed by atoms with Crippen LogP contribution in [0.3, 0.4) is 0 Å². The highest BCUT2D eigenvalue weighted by atomic mass is 16.5. The van der Waals surface area contributed by atoms with E-state index < -0.39 is 0 Å². The third-order valence-electron chi connectivity index (χ3n) is 4.87. The highest BCUT2D eigenvalue weighted by molar-refractivity contribution is 5.97. The molecule has 0 spiro atoms. The number of fused-ring (bicyclic) bond motifs is 1. The zero-order chi connectivity index (χ0) is 13.9. The number of piperidine rings is 1. The van der Waals surface area contributed by atoms with E-state index in [1.165, 1.54) is 32.1 Å². The molecule has 0 aromatic heterocycles. The highest BCUT2D eigenvalue weighted by Crippen LogP contribution is 2.36. The average molecular weight is 273 g/mol. The molecule has 1 aromatic rings. The van der Waals surface area contributed by atoms with Gasteiger partial charge in [0, 0.05) is 11.6 Å². The Morgan fingerprint density at radius 3 is 2.70 bits per heavy atom. The molecule has 2 aliphatic rings. The van der Waals surface area contributed by atoms with Gasteiger partial charge >= 0.3 is 0 Å². The number of methoxy groups -OCH3 is 1. The second kappa shape index (κ2) is 5.96. The summed E-state index contributed by atoms with van der Waals surface area (Å²) in [5, 5.41) is 0. The molecule has 3 nitrogen and oxygen atoms in total. The van der Waals surface area contributed by atoms with Crippen molar-refractivity contribution in [1.29, 1.82) is 0 Å². The number of carbonyl (C=O) groups is 1. The summed E-state index contributed by atoms with van der Waals surface area (Å²) in [6, 6.07) is 8.13. The Balaban J connectivity index is 1.65. The summed E-state index contributed by atoms with van der Waals surface area (Å²) in [6.45, 7) is 1.66. The first-order valence-electron chi connectivity index (χ1n) is 7.69. The molecule has 0 N–H and O–H groups in total. The lowest BCUT2D eigenvalue weighted by molar-refractivity contribution is 0.0777. The van der Waals surface area contributed by atoms with Gasteiger partial charge in [0.2, 0.25) is 0 Å². The number of hydrogen-bond donors (Lipinski definition) is 0. The van der Waals surface area contributed by atoms with Crippen LogP contribution in [0.5, 0.6) is 5.75 Å². The predicted octanol–water partition coefficient (Wildman–Crippen LogP) is 3.14. The zero-order valence-corrected chi connectivity index (χ0v) is 12.2. The number of rotatable bonds is 4. The molecular formula is C17H23NO2. The lowest BCUT2D eigenvalue weighted by atomic mass is 9.91. The first-order valence-corrected chi connectivity index (χ1v) is 7.69. The Morgan fingerprint density at radius 1 is 1.20 bits per heavy atom. The van der Waals surface area contributed by atoms with Gasteiger partial charge in [0.1, 0.15) is 5.75 Å². The first-order chi connectivity index (χ1) is 9.78. The minimum atomic E-state index is 0.236. The largest absolute Gasteiger partial charge is 0.497 e. The van der Waals surface area contributed by atoms with E-state index in [1.54, 1.807) is 7.11 Å². The van der Waals surface area contributed by atoms with E-state index in [2.05, 4.69) is 4.90 Å². The minimum absolute atomic E-state index is 0.236. The maximum atomic E-state index is 12.4. The highest BCUT2D eigenvalue weighted by Gasteiger charge is 2.35. The van der Waals surface area contributed by atoms with E-state index in [0.717, 1.165) is 23.8 Å². The Morgan fingerprint density at radius 2 is 1.95 bits per heavy atom. The quantitative estimate of drug-likeness (QED) is 0.789. The van der Waals surface area contributed by atoms with Gasteiger partial charge in [0.25, 0.3) is 0 Å². The summed E-state index contributed by atoms with van der Waals surface area (Å²) in [7, 11) is 1.64. The number of carbonyl (C=O) groups excluding carboxylic acids is 1. The van der Waals surface area contributed by atoms with Crippen LogP contribution < -0.4 is 4.74 Å². The predicted molar refractivity (Wildman–Crippen MR) is 79.3 cm³/mol. The zero-order valence-electron chi connectivity index (χ0n) is 12.2. The Kier molecular flexibility index (Phi) is 4.06. The molecule has 0 radical (unpaired) electrons. The van der Waals surface area contributed by atoms with Crippen molar-refractivity contribution in [2.75, 3.05) is 20.2 Å². The van der Waals surface area contributed by atoms with E-state index in [9.17, 15) is 4.79 Å². The van der Waals surface area contributed by atoms with Gasteiger partial charge in [-0.3, -0.25) is 9.69 Å². The van der Waals surface area contributed by atoms with Crippen LogP contribution in [0.2, 0.25) is 0 Å². The summed E-state index contributed by atoms with van der Waals surface area (Å²) >= 11 is 0. The van der Waals surface area contributed by atoms with Crippen LogP contribution in [0, 0.1) is 5.92 Å². The van der Waals surface area contributed by atoms with Gasteiger partial charge in [-0.1, -0.05) is 6.42 Å². The van der Waals surface area contributed by atoms with Crippen LogP contribution >= 0.6 is 0 Å². The van der Waals surface area contributed by atoms with Gasteiger partial charge in [-0.15, -0.1) is 0 Å². The monoisotopic (exact) mass is 273 g/mol. The van der Waals surface area contributed by atoms with Crippen molar-refractivity contribution >= 4 is 5.78 Å². The number of hydrogen-bond acceptors (Lipinski definition) is 3. The van der Waals surface area contributed by atoms with E-state index in [4.69, 9.17) is 4.74 Å². The molecule has 0 bridgehead atoms. The van der Waals surface area contributed by atoms with Gasteiger partial charge in [0.05, 0.1) is 13.7 Å². The Hall–Kier alpha value is -1.35. The van der Waals surface area contributed by atoms with E-state index >= 15 is 0 Å². The van der Waals surface area contributed by atoms with Crippen LogP contribution in [-0.4, -0.2) is 36.9 Å². The molecule has 0 amide bonds. The van der Waals surface area contributed by atoms with Crippen molar-refractivity contribution in [1.82, 2.24) is 4.90 Å². The molecule has 1 heterocycles. The van der Waals surface area contributed by atoms with E-state index in [1.807, 2.05) is 24.3 Å². The number of Topliss-reactive ketones (excluding diaryl/α,β-unsaturated/α-hetero) is 1. The lowest BCUT2D eigenvalue weighted by Gasteiger charge is -2.37. The fourth-order valence-corrected chi connectivity index (χ4v) is 3.81. The maximum Gasteiger partial charge on any atom is 0.176 e. The Bertz CT molecular complexity index is 468. The minimum Gasteiger partial charge on any atom is -0.497 e. The van der Waals surface area contributed by atoms with Crippen LogP contribution in [0.4, 0.5) is 0 Å². The molecule has 1 saturated carbocycles. The molecule has 1 aliphatic heterocycles. The van der Waals surface area contributed by atoms with Crippen molar-refractivity contribution in [2.45, 2.75) is 38.1 Å². The molecule has 1 aromatic carbocycles. The number of nitrogens with zero attached hydrogens (tertiary/aromatic N) is 1. The van der Waals surface area contributed by atoms with Gasteiger partial charge < -0.3 is 4.74 Å². The topological polar surface area (TPSA) is 29.5 Å². The molecular weight excluding hydrogens is 250 g/mol. The first kappa shape index (κ1) is 13.6. The second-order valence-corrected chi connectivity index (χ2v) is 6.02. The molecule has 2 unspecified atom stereocenters. The van der Waals surface area contributed by atoms with Crippen molar-refractivity contribution < 1.29 is 9.53 Å². The summed E-state index contributed by atoms with van der Waals surface area (Å²) in [5.41, 5.74) is 0.797. The van der Waals surface area contributed by atoms with Crippen molar-refractivity contribution in [3.8, 4) is 5.75 Å². The molecule has 2 atom stereocenters. The molecule has 108 valence electrons. The van der Waals surface area contributed by atoms with Gasteiger partial charge in [-0.25, -0.2) is 0 Å². The van der Waals surface area contributed by atoms with Crippen LogP contribution in [0.1, 0.15) is 42.5 Å². The average Bonchev–Trinajstić information content (AvgIpc) is 2.97. The van der Waals surface area contributed by atoms with Gasteiger partial charge in [-0.2, -0.15) is 0 Å². The van der Waals surface area contributed by atoms with Crippen LogP contribution in [0.25, 0.3) is 0 Å². The number of ether oxygens (including phenoxy) is 1. The molecule has 1 saturated heterocycles. The molecule has 20 heavy (non-hydrogen) atoms. The van der Waals surface area contributed by atoms with Crippen LogP contribution in [0.15, 0.2) is 24.3 Å². The SMILES string of the molecule is COc1ccc(C(=O)CN2CCCC3CCCC32)cc1. The summed E-state index contributed by atoms with van der Waals surface area (Å²) < 4.78 is 5.13. The van der Waals surface area contributed by atoms with Gasteiger partial charge in [0.15, 0.2) is 5.78 Å². The van der Waals surface area contributed by atoms with E-state index in [-0.39, 0.29) is 5.78 Å². The standard InChI is InChI=1S/C17H23NO2/c1-20-15-9-7-14(8-10-15)17(19)12-18-11-3-5-13-4-2-6-16(13)18/h7-10,13,16H,2-6,11-12H2,1H3. The molecule has 1 aliphatic carbocycles. The fourth-order valence-electron chi connectivity index (χ4n) is 3.81. The van der Waals surface area contributed by atoms with Crippen molar-refractivity contribution in [3.05, 3.63) is 29.8 Å². The number of benzene rings is 1.